The van der Waals surface area contributed by atoms with Gasteiger partial charge in [-0.15, -0.1) is 0 Å². The maximum absolute atomic E-state index is 5.41. The van der Waals surface area contributed by atoms with Crippen LogP contribution in [0.4, 0.5) is 11.6 Å². The molecule has 0 aliphatic carbocycles. The lowest BCUT2D eigenvalue weighted by Gasteiger charge is -2.29. The number of hydrogen-bond donors (Lipinski definition) is 2. The molecule has 0 fully saturated rings. The molecular formula is C11H21N5. The first-order valence-corrected chi connectivity index (χ1v) is 5.66. The number of aromatic nitrogens is 2. The first-order valence-electron chi connectivity index (χ1n) is 5.66. The van der Waals surface area contributed by atoms with Crippen molar-refractivity contribution >= 4 is 11.6 Å². The topological polar surface area (TPSA) is 67.1 Å². The van der Waals surface area contributed by atoms with Gasteiger partial charge in [0.1, 0.15) is 18.0 Å². The molecule has 0 amide bonds. The van der Waals surface area contributed by atoms with E-state index >= 15 is 0 Å². The zero-order valence-electron chi connectivity index (χ0n) is 10.5. The van der Waals surface area contributed by atoms with Gasteiger partial charge in [-0.05, 0) is 27.2 Å². The fraction of sp³-hybridized carbons (Fsp3) is 0.636. The van der Waals surface area contributed by atoms with E-state index in [1.54, 1.807) is 6.33 Å². The fourth-order valence-corrected chi connectivity index (χ4v) is 1.73. The molecule has 0 bridgehead atoms. The Kier molecular flexibility index (Phi) is 4.49. The molecule has 0 aliphatic heterocycles. The molecule has 0 radical (unpaired) electrons. The molecular weight excluding hydrogens is 202 g/mol. The molecule has 0 atom stereocenters. The summed E-state index contributed by atoms with van der Waals surface area (Å²) >= 11 is 0. The lowest BCUT2D eigenvalue weighted by molar-refractivity contribution is 0.659. The van der Waals surface area contributed by atoms with Crippen molar-refractivity contribution in [3.05, 3.63) is 11.9 Å². The number of nitrogens with zero attached hydrogens (tertiary/aromatic N) is 3. The van der Waals surface area contributed by atoms with E-state index in [0.717, 1.165) is 24.3 Å². The van der Waals surface area contributed by atoms with Gasteiger partial charge >= 0.3 is 0 Å². The fourth-order valence-electron chi connectivity index (χ4n) is 1.73. The summed E-state index contributed by atoms with van der Waals surface area (Å²) in [4.78, 5) is 10.7. The monoisotopic (exact) mass is 223 g/mol. The van der Waals surface area contributed by atoms with Crippen molar-refractivity contribution in [2.75, 3.05) is 16.9 Å². The van der Waals surface area contributed by atoms with Crippen LogP contribution in [0.25, 0.3) is 0 Å². The average molecular weight is 223 g/mol. The zero-order valence-corrected chi connectivity index (χ0v) is 10.5. The molecule has 1 aromatic rings. The van der Waals surface area contributed by atoms with E-state index in [-0.39, 0.29) is 0 Å². The van der Waals surface area contributed by atoms with E-state index in [1.807, 2.05) is 6.92 Å². The Bertz CT molecular complexity index is 337. The number of hydrogen-bond acceptors (Lipinski definition) is 5. The summed E-state index contributed by atoms with van der Waals surface area (Å²) in [5, 5.41) is 0. The highest BCUT2D eigenvalue weighted by atomic mass is 15.3. The van der Waals surface area contributed by atoms with Crippen LogP contribution in [0.5, 0.6) is 0 Å². The van der Waals surface area contributed by atoms with Gasteiger partial charge in [0, 0.05) is 18.2 Å². The molecule has 3 N–H and O–H groups in total. The van der Waals surface area contributed by atoms with Gasteiger partial charge in [0.25, 0.3) is 0 Å². The van der Waals surface area contributed by atoms with Crippen molar-refractivity contribution in [3.63, 3.8) is 0 Å². The minimum absolute atomic E-state index is 0.416. The van der Waals surface area contributed by atoms with E-state index < -0.39 is 0 Å². The van der Waals surface area contributed by atoms with Gasteiger partial charge in [0.15, 0.2) is 0 Å². The van der Waals surface area contributed by atoms with E-state index in [9.17, 15) is 0 Å². The minimum atomic E-state index is 0.416. The molecule has 0 saturated heterocycles. The quantitative estimate of drug-likeness (QED) is 0.587. The molecule has 1 heterocycles. The van der Waals surface area contributed by atoms with E-state index in [1.165, 1.54) is 0 Å². The second-order valence-corrected chi connectivity index (χ2v) is 4.10. The largest absolute Gasteiger partial charge is 0.354 e. The normalized spacial score (nSPS) is 10.6. The van der Waals surface area contributed by atoms with Crippen LogP contribution in [0.1, 0.15) is 32.8 Å². The number of hydrazine groups is 1. The Balaban J connectivity index is 3.08. The average Bonchev–Trinajstić information content (AvgIpc) is 2.26. The highest BCUT2D eigenvalue weighted by Gasteiger charge is 2.15. The highest BCUT2D eigenvalue weighted by Crippen LogP contribution is 2.23. The Morgan fingerprint density at radius 3 is 2.62 bits per heavy atom. The molecule has 5 nitrogen and oxygen atoms in total. The van der Waals surface area contributed by atoms with Crippen LogP contribution >= 0.6 is 0 Å². The first kappa shape index (κ1) is 12.7. The minimum Gasteiger partial charge on any atom is -0.354 e. The van der Waals surface area contributed by atoms with Gasteiger partial charge in [-0.1, -0.05) is 6.92 Å². The predicted molar refractivity (Wildman–Crippen MR) is 67.4 cm³/mol. The molecule has 5 heteroatoms. The molecule has 0 saturated carbocycles. The maximum atomic E-state index is 5.41. The van der Waals surface area contributed by atoms with Gasteiger partial charge < -0.3 is 10.3 Å². The third-order valence-electron chi connectivity index (χ3n) is 2.55. The molecule has 0 unspecified atom stereocenters. The molecule has 0 aromatic carbocycles. The van der Waals surface area contributed by atoms with Gasteiger partial charge in [-0.2, -0.15) is 0 Å². The van der Waals surface area contributed by atoms with Crippen molar-refractivity contribution in [2.45, 2.75) is 40.2 Å². The predicted octanol–water partition coefficient (Wildman–Crippen LogP) is 1.70. The van der Waals surface area contributed by atoms with E-state index in [0.29, 0.717) is 11.9 Å². The number of nitrogens with two attached hydrogens (primary N) is 1. The lowest BCUT2D eigenvalue weighted by Crippen LogP contribution is -2.33. The number of nitrogen functional groups attached to an aromatic ring is 1. The summed E-state index contributed by atoms with van der Waals surface area (Å²) in [7, 11) is 0. The van der Waals surface area contributed by atoms with Crippen LogP contribution in [0.2, 0.25) is 0 Å². The van der Waals surface area contributed by atoms with Crippen LogP contribution in [0, 0.1) is 6.92 Å². The van der Waals surface area contributed by atoms with Crippen molar-refractivity contribution in [2.24, 2.45) is 5.84 Å². The maximum Gasteiger partial charge on any atom is 0.148 e. The molecule has 90 valence electrons. The Morgan fingerprint density at radius 2 is 2.12 bits per heavy atom. The highest BCUT2D eigenvalue weighted by molar-refractivity contribution is 5.57. The summed E-state index contributed by atoms with van der Waals surface area (Å²) in [5.74, 6) is 7.06. The second kappa shape index (κ2) is 5.65. The number of nitrogens with one attached hydrogen (secondary N) is 1. The van der Waals surface area contributed by atoms with Crippen LogP contribution in [0.15, 0.2) is 6.33 Å². The van der Waals surface area contributed by atoms with Gasteiger partial charge in [0.2, 0.25) is 0 Å². The third-order valence-corrected chi connectivity index (χ3v) is 2.55. The Morgan fingerprint density at radius 1 is 1.44 bits per heavy atom. The molecule has 0 aliphatic rings. The zero-order chi connectivity index (χ0) is 12.1. The van der Waals surface area contributed by atoms with E-state index in [4.69, 9.17) is 5.84 Å². The smallest absolute Gasteiger partial charge is 0.148 e. The van der Waals surface area contributed by atoms with Crippen LogP contribution in [-0.2, 0) is 0 Å². The van der Waals surface area contributed by atoms with Crippen molar-refractivity contribution in [1.82, 2.24) is 9.97 Å². The van der Waals surface area contributed by atoms with Crippen LogP contribution in [0.3, 0.4) is 0 Å². The van der Waals surface area contributed by atoms with Gasteiger partial charge in [-0.3, -0.25) is 0 Å². The first-order chi connectivity index (χ1) is 7.61. The van der Waals surface area contributed by atoms with Crippen LogP contribution in [-0.4, -0.2) is 22.6 Å². The van der Waals surface area contributed by atoms with Crippen molar-refractivity contribution in [1.29, 1.82) is 0 Å². The molecule has 0 spiro atoms. The number of rotatable bonds is 5. The summed E-state index contributed by atoms with van der Waals surface area (Å²) in [5.41, 5.74) is 3.59. The van der Waals surface area contributed by atoms with Crippen molar-refractivity contribution < 1.29 is 0 Å². The summed E-state index contributed by atoms with van der Waals surface area (Å²) in [6.07, 6.45) is 2.63. The SMILES string of the molecule is CCCN(c1ncnc(NN)c1C)C(C)C. The van der Waals surface area contributed by atoms with Gasteiger partial charge in [0.05, 0.1) is 0 Å². The summed E-state index contributed by atoms with van der Waals surface area (Å²) in [6, 6.07) is 0.416. The molecule has 1 aromatic heterocycles. The Hall–Kier alpha value is -1.36. The standard InChI is InChI=1S/C11H21N5/c1-5-6-16(8(2)3)11-9(4)10(15-12)13-7-14-11/h7-8H,5-6,12H2,1-4H3,(H,13,14,15). The lowest BCUT2D eigenvalue weighted by atomic mass is 10.2. The second-order valence-electron chi connectivity index (χ2n) is 4.10. The summed E-state index contributed by atoms with van der Waals surface area (Å²) in [6.45, 7) is 9.45. The van der Waals surface area contributed by atoms with E-state index in [2.05, 4.69) is 41.1 Å². The number of anilines is 2. The molecule has 1 rings (SSSR count). The summed E-state index contributed by atoms with van der Waals surface area (Å²) < 4.78 is 0. The third kappa shape index (κ3) is 2.61. The Labute approximate surface area is 97.0 Å². The van der Waals surface area contributed by atoms with Gasteiger partial charge in [-0.25, -0.2) is 15.8 Å². The van der Waals surface area contributed by atoms with Crippen LogP contribution < -0.4 is 16.2 Å². The molecule has 16 heavy (non-hydrogen) atoms. The van der Waals surface area contributed by atoms with Crippen molar-refractivity contribution in [3.8, 4) is 0 Å².